The first-order chi connectivity index (χ1) is 6.60. The Morgan fingerprint density at radius 2 is 2.29 bits per heavy atom. The van der Waals surface area contributed by atoms with Gasteiger partial charge in [-0.05, 0) is 19.8 Å². The third kappa shape index (κ3) is 1.47. The van der Waals surface area contributed by atoms with Crippen LogP contribution in [0, 0.1) is 0 Å². The molecule has 3 atom stereocenters. The zero-order valence-corrected chi connectivity index (χ0v) is 9.27. The molecule has 2 rings (SSSR count). The van der Waals surface area contributed by atoms with Crippen molar-refractivity contribution in [2.45, 2.75) is 56.7 Å². The molecule has 3 heteroatoms. The van der Waals surface area contributed by atoms with Crippen LogP contribution in [-0.2, 0) is 0 Å². The largest absolute Gasteiger partial charge is 0.388 e. The molecule has 2 saturated heterocycles. The summed E-state index contributed by atoms with van der Waals surface area (Å²) >= 11 is 0. The Morgan fingerprint density at radius 3 is 2.93 bits per heavy atom. The fourth-order valence-corrected chi connectivity index (χ4v) is 2.95. The Kier molecular flexibility index (Phi) is 2.58. The maximum atomic E-state index is 10.6. The highest BCUT2D eigenvalue weighted by Gasteiger charge is 2.55. The minimum Gasteiger partial charge on any atom is -0.388 e. The molecule has 2 fully saturated rings. The number of unbranched alkanes of at least 4 members (excludes halogenated alkanes) is 1. The van der Waals surface area contributed by atoms with Gasteiger partial charge in [-0.3, -0.25) is 0 Å². The van der Waals surface area contributed by atoms with Gasteiger partial charge in [-0.1, -0.05) is 19.8 Å². The van der Waals surface area contributed by atoms with Gasteiger partial charge in [-0.25, -0.2) is 0 Å². The summed E-state index contributed by atoms with van der Waals surface area (Å²) in [4.78, 5) is 0. The van der Waals surface area contributed by atoms with E-state index in [4.69, 9.17) is 0 Å². The van der Waals surface area contributed by atoms with Crippen molar-refractivity contribution in [2.75, 3.05) is 13.1 Å². The molecule has 0 spiro atoms. The van der Waals surface area contributed by atoms with E-state index in [9.17, 15) is 5.11 Å². The number of hydrogen-bond donors (Lipinski definition) is 3. The van der Waals surface area contributed by atoms with Gasteiger partial charge in [-0.15, -0.1) is 0 Å². The van der Waals surface area contributed by atoms with Crippen LogP contribution in [0.2, 0.25) is 0 Å². The van der Waals surface area contributed by atoms with E-state index in [0.29, 0.717) is 6.04 Å². The van der Waals surface area contributed by atoms with E-state index in [1.54, 1.807) is 0 Å². The summed E-state index contributed by atoms with van der Waals surface area (Å²) in [7, 11) is 0. The van der Waals surface area contributed by atoms with Crippen LogP contribution in [0.4, 0.5) is 0 Å². The molecule has 3 N–H and O–H groups in total. The van der Waals surface area contributed by atoms with E-state index >= 15 is 0 Å². The number of rotatable bonds is 3. The second kappa shape index (κ2) is 3.47. The van der Waals surface area contributed by atoms with Gasteiger partial charge < -0.3 is 15.7 Å². The topological polar surface area (TPSA) is 44.3 Å². The molecule has 0 aromatic heterocycles. The van der Waals surface area contributed by atoms with E-state index in [-0.39, 0.29) is 5.54 Å². The maximum absolute atomic E-state index is 10.6. The molecule has 2 aliphatic heterocycles. The Bertz CT molecular complexity index is 221. The van der Waals surface area contributed by atoms with Gasteiger partial charge in [0, 0.05) is 19.1 Å². The monoisotopic (exact) mass is 198 g/mol. The summed E-state index contributed by atoms with van der Waals surface area (Å²) in [6, 6.07) is 0.468. The molecule has 0 aromatic rings. The molecule has 3 nitrogen and oxygen atoms in total. The minimum atomic E-state index is -0.489. The van der Waals surface area contributed by atoms with Crippen LogP contribution >= 0.6 is 0 Å². The Morgan fingerprint density at radius 1 is 1.50 bits per heavy atom. The molecule has 0 aromatic carbocycles. The molecule has 0 radical (unpaired) electrons. The summed E-state index contributed by atoms with van der Waals surface area (Å²) in [5.74, 6) is 0. The number of aliphatic hydroxyl groups is 1. The Balaban J connectivity index is 2.10. The lowest BCUT2D eigenvalue weighted by Crippen LogP contribution is -2.63. The van der Waals surface area contributed by atoms with E-state index in [2.05, 4.69) is 24.5 Å². The van der Waals surface area contributed by atoms with Crippen molar-refractivity contribution in [3.05, 3.63) is 0 Å². The predicted octanol–water partition coefficient (Wildman–Crippen LogP) is 0.631. The zero-order valence-electron chi connectivity index (χ0n) is 9.27. The van der Waals surface area contributed by atoms with Crippen LogP contribution in [0.3, 0.4) is 0 Å². The second-order valence-electron chi connectivity index (χ2n) is 5.14. The van der Waals surface area contributed by atoms with Crippen molar-refractivity contribution in [1.29, 1.82) is 0 Å². The molecular weight excluding hydrogens is 176 g/mol. The summed E-state index contributed by atoms with van der Waals surface area (Å²) in [6.45, 7) is 6.22. The predicted molar refractivity (Wildman–Crippen MR) is 57.3 cm³/mol. The van der Waals surface area contributed by atoms with Gasteiger partial charge >= 0.3 is 0 Å². The summed E-state index contributed by atoms with van der Waals surface area (Å²) < 4.78 is 0. The van der Waals surface area contributed by atoms with Gasteiger partial charge in [0.25, 0.3) is 0 Å². The molecule has 0 saturated carbocycles. The van der Waals surface area contributed by atoms with Crippen LogP contribution in [-0.4, -0.2) is 35.4 Å². The fraction of sp³-hybridized carbons (Fsp3) is 1.00. The summed E-state index contributed by atoms with van der Waals surface area (Å²) in [6.07, 6.45) is 4.14. The van der Waals surface area contributed by atoms with Crippen molar-refractivity contribution in [3.8, 4) is 0 Å². The van der Waals surface area contributed by atoms with Gasteiger partial charge in [-0.2, -0.15) is 0 Å². The molecule has 14 heavy (non-hydrogen) atoms. The lowest BCUT2D eigenvalue weighted by atomic mass is 9.79. The minimum absolute atomic E-state index is 0.106. The molecule has 82 valence electrons. The maximum Gasteiger partial charge on any atom is 0.0853 e. The van der Waals surface area contributed by atoms with E-state index < -0.39 is 5.60 Å². The van der Waals surface area contributed by atoms with Gasteiger partial charge in [0.1, 0.15) is 0 Å². The normalized spacial score (nSPS) is 46.9. The van der Waals surface area contributed by atoms with Crippen LogP contribution in [0.25, 0.3) is 0 Å². The van der Waals surface area contributed by atoms with Crippen LogP contribution in [0.1, 0.15) is 39.5 Å². The van der Waals surface area contributed by atoms with Crippen molar-refractivity contribution in [3.63, 3.8) is 0 Å². The lowest BCUT2D eigenvalue weighted by Gasteiger charge is -2.41. The molecule has 2 bridgehead atoms. The lowest BCUT2D eigenvalue weighted by molar-refractivity contribution is -0.0221. The first-order valence-corrected chi connectivity index (χ1v) is 5.80. The van der Waals surface area contributed by atoms with E-state index in [1.165, 1.54) is 0 Å². The highest BCUT2D eigenvalue weighted by atomic mass is 16.3. The van der Waals surface area contributed by atoms with Crippen molar-refractivity contribution < 1.29 is 5.11 Å². The third-order valence-electron chi connectivity index (χ3n) is 3.95. The molecule has 2 aliphatic rings. The van der Waals surface area contributed by atoms with Crippen molar-refractivity contribution >= 4 is 0 Å². The SMILES string of the molecule is CCCCC1(O)CC2CNCC1(C)N2. The number of hydrogen-bond acceptors (Lipinski definition) is 3. The number of nitrogens with one attached hydrogen (secondary N) is 2. The highest BCUT2D eigenvalue weighted by Crippen LogP contribution is 2.39. The second-order valence-corrected chi connectivity index (χ2v) is 5.14. The first kappa shape index (κ1) is 10.4. The van der Waals surface area contributed by atoms with E-state index in [1.807, 2.05) is 0 Å². The van der Waals surface area contributed by atoms with E-state index in [0.717, 1.165) is 38.8 Å². The van der Waals surface area contributed by atoms with Crippen molar-refractivity contribution in [1.82, 2.24) is 10.6 Å². The first-order valence-electron chi connectivity index (χ1n) is 5.80. The zero-order chi connectivity index (χ0) is 10.2. The molecule has 0 amide bonds. The molecular formula is C11H22N2O. The average molecular weight is 198 g/mol. The van der Waals surface area contributed by atoms with Crippen LogP contribution in [0.5, 0.6) is 0 Å². The Labute approximate surface area is 86.3 Å². The quantitative estimate of drug-likeness (QED) is 0.623. The van der Waals surface area contributed by atoms with Gasteiger partial charge in [0.05, 0.1) is 11.1 Å². The smallest absolute Gasteiger partial charge is 0.0853 e. The molecule has 3 unspecified atom stereocenters. The fourth-order valence-electron chi connectivity index (χ4n) is 2.95. The number of piperazine rings is 1. The summed E-state index contributed by atoms with van der Waals surface area (Å²) in [5.41, 5.74) is -0.595. The van der Waals surface area contributed by atoms with Crippen LogP contribution < -0.4 is 10.6 Å². The standard InChI is InChI=1S/C11H22N2O/c1-3-4-5-11(14)6-9-7-12-8-10(11,2)13-9/h9,12-14H,3-8H2,1-2H3. The van der Waals surface area contributed by atoms with Gasteiger partial charge in [0.2, 0.25) is 0 Å². The van der Waals surface area contributed by atoms with Crippen LogP contribution in [0.15, 0.2) is 0 Å². The van der Waals surface area contributed by atoms with Gasteiger partial charge in [0.15, 0.2) is 0 Å². The molecule has 2 heterocycles. The molecule has 0 aliphatic carbocycles. The average Bonchev–Trinajstić information content (AvgIpc) is 2.31. The number of fused-ring (bicyclic) bond motifs is 2. The summed E-state index contributed by atoms with van der Waals surface area (Å²) in [5, 5.41) is 17.6. The van der Waals surface area contributed by atoms with Crippen molar-refractivity contribution in [2.24, 2.45) is 0 Å². The third-order valence-corrected chi connectivity index (χ3v) is 3.95. The highest BCUT2D eigenvalue weighted by molar-refractivity contribution is 5.15. The Hall–Kier alpha value is -0.120.